The molecule has 5 aliphatic heterocycles. The van der Waals surface area contributed by atoms with Crippen LogP contribution in [0.2, 0.25) is 5.28 Å². The van der Waals surface area contributed by atoms with E-state index < -0.39 is 31.2 Å². The fourth-order valence-electron chi connectivity index (χ4n) is 9.15. The minimum absolute atomic E-state index is 0.176. The topological polar surface area (TPSA) is 200 Å². The molecule has 8 heterocycles. The molecule has 3 aromatic heterocycles. The van der Waals surface area contributed by atoms with Gasteiger partial charge < -0.3 is 58.5 Å². The number of rotatable bonds is 10. The largest absolute Gasteiger partial charge is 0.496 e. The highest BCUT2D eigenvalue weighted by atomic mass is 35.5. The molecule has 2 N–H and O–H groups in total. The van der Waals surface area contributed by atoms with Crippen molar-refractivity contribution in [1.29, 1.82) is 0 Å². The maximum atomic E-state index is 13.8. The van der Waals surface area contributed by atoms with Crippen molar-refractivity contribution in [3.63, 3.8) is 0 Å². The Hall–Kier alpha value is -5.31. The van der Waals surface area contributed by atoms with Crippen molar-refractivity contribution in [2.24, 2.45) is 4.99 Å². The average molecular weight is 1120 g/mol. The van der Waals surface area contributed by atoms with E-state index in [0.29, 0.717) is 76.4 Å². The second-order valence-electron chi connectivity index (χ2n) is 23.5. The molecular formula is C52H76BClF4N14O6. The Morgan fingerprint density at radius 3 is 1.37 bits per heavy atom. The smallest absolute Gasteiger partial charge is 0.399 e. The number of nitrogens with two attached hydrogens (primary N) is 1. The molecule has 78 heavy (non-hydrogen) atoms. The summed E-state index contributed by atoms with van der Waals surface area (Å²) < 4.78 is 89.3. The van der Waals surface area contributed by atoms with E-state index >= 15 is 0 Å². The summed E-state index contributed by atoms with van der Waals surface area (Å²) in [6.07, 6.45) is -2.51. The number of hydrogen-bond donors (Lipinski definition) is 1. The molecule has 4 aromatic rings. The second-order valence-corrected chi connectivity index (χ2v) is 23.8. The van der Waals surface area contributed by atoms with Gasteiger partial charge in [-0.15, -0.1) is 0 Å². The van der Waals surface area contributed by atoms with Crippen LogP contribution in [0.15, 0.2) is 35.5 Å². The number of halogens is 5. The third kappa shape index (κ3) is 15.5. The molecule has 0 amide bonds. The van der Waals surface area contributed by atoms with Crippen LogP contribution in [0.1, 0.15) is 107 Å². The fraction of sp³-hybridized carbons (Fsp3) is 0.654. The zero-order valence-electron chi connectivity index (χ0n) is 47.4. The van der Waals surface area contributed by atoms with Gasteiger partial charge in [-0.2, -0.15) is 29.9 Å². The molecule has 5 fully saturated rings. The summed E-state index contributed by atoms with van der Waals surface area (Å²) in [7, 11) is 2.70. The normalized spacial score (nSPS) is 21.3. The number of benzene rings is 1. The number of ether oxygens (including phenoxy) is 4. The van der Waals surface area contributed by atoms with Crippen LogP contribution in [-0.2, 0) is 28.3 Å². The Kier molecular flexibility index (Phi) is 18.4. The van der Waals surface area contributed by atoms with E-state index in [4.69, 9.17) is 50.6 Å². The number of nitrogens with zero attached hydrogens (tertiary/aromatic N) is 13. The molecule has 5 aliphatic rings. The van der Waals surface area contributed by atoms with Crippen molar-refractivity contribution in [3.05, 3.63) is 46.9 Å². The van der Waals surface area contributed by atoms with Gasteiger partial charge in [-0.3, -0.25) is 0 Å². The second kappa shape index (κ2) is 23.8. The molecule has 0 spiro atoms. The van der Waals surface area contributed by atoms with Crippen LogP contribution in [-0.4, -0.2) is 180 Å². The highest BCUT2D eigenvalue weighted by Gasteiger charge is 2.53. The van der Waals surface area contributed by atoms with Gasteiger partial charge in [0.05, 0.1) is 66.4 Å². The molecule has 0 unspecified atom stereocenters. The van der Waals surface area contributed by atoms with Crippen molar-refractivity contribution < 1.29 is 45.8 Å². The van der Waals surface area contributed by atoms with Gasteiger partial charge in [-0.1, -0.05) is 0 Å². The maximum absolute atomic E-state index is 13.8. The van der Waals surface area contributed by atoms with Gasteiger partial charge in [0.15, 0.2) is 11.6 Å². The molecule has 5 saturated heterocycles. The van der Waals surface area contributed by atoms with Gasteiger partial charge in [-0.05, 0) is 119 Å². The average Bonchev–Trinajstić information content (AvgIpc) is 3.60. The van der Waals surface area contributed by atoms with E-state index in [-0.39, 0.29) is 67.2 Å². The Bertz CT molecular complexity index is 2640. The standard InChI is InChI=1S/C22H30F2N6O2.C15H22BF2N3O2.C15H24ClN5O2/c1-21(2)12-29(7-9-31-21)19-26-18(15-6-5-14(25)11-16(15)17(23)24)27-20(28-19)30-8-10-32-22(3,4)13-30;1-14(2)15(3,4)23-16(22-14)11-8-19-12(20-9-21(5)6)7-10(11)13(17)18;1-14(2)9-20(5-7-22-14)12-17-11(16)18-13(19-12)21-6-8-23-15(3,4)10-21/h5-6,11,17H,7-10,12-13,25H2,1-4H3;7-9,13H,1-6H3;5-10H2,1-4H3. The van der Waals surface area contributed by atoms with Gasteiger partial charge in [0, 0.05) is 100 Å². The van der Waals surface area contributed by atoms with Crippen molar-refractivity contribution in [1.82, 2.24) is 39.8 Å². The summed E-state index contributed by atoms with van der Waals surface area (Å²) in [5, 5.41) is 0.221. The van der Waals surface area contributed by atoms with Crippen LogP contribution in [0.25, 0.3) is 11.4 Å². The summed E-state index contributed by atoms with van der Waals surface area (Å²) in [5.41, 5.74) is 3.76. The lowest BCUT2D eigenvalue weighted by Gasteiger charge is -2.40. The van der Waals surface area contributed by atoms with E-state index in [0.717, 1.165) is 26.2 Å². The SMILES string of the molecule is CC1(C)CN(c2nc(-c3ccc(N)cc3C(F)F)nc(N3CCOC(C)(C)C3)n2)CCO1.CC1(C)CN(c2nc(Cl)nc(N3CCOC(C)(C)C3)n2)CCO1.CN(C)C=Nc1cc(C(F)F)c(B2OC(C)(C)C(C)(C)O2)cn1. The minimum atomic E-state index is -2.71. The number of morpholine rings is 4. The first kappa shape index (κ1) is 60.3. The lowest BCUT2D eigenvalue weighted by molar-refractivity contribution is -0.0291. The Balaban J connectivity index is 0.000000173. The van der Waals surface area contributed by atoms with Crippen LogP contribution in [0.3, 0.4) is 0 Å². The molecule has 1 aromatic carbocycles. The molecule has 428 valence electrons. The Morgan fingerprint density at radius 1 is 0.603 bits per heavy atom. The molecule has 9 rings (SSSR count). The number of hydrogen-bond acceptors (Lipinski definition) is 19. The zero-order chi connectivity index (χ0) is 57.2. The first-order valence-electron chi connectivity index (χ1n) is 26.1. The van der Waals surface area contributed by atoms with Crippen LogP contribution in [0.4, 0.5) is 52.9 Å². The zero-order valence-corrected chi connectivity index (χ0v) is 48.2. The number of aromatic nitrogens is 7. The van der Waals surface area contributed by atoms with Gasteiger partial charge in [0.2, 0.25) is 29.1 Å². The molecule has 20 nitrogen and oxygen atoms in total. The van der Waals surface area contributed by atoms with E-state index in [9.17, 15) is 17.6 Å². The number of alkyl halides is 4. The first-order chi connectivity index (χ1) is 36.3. The van der Waals surface area contributed by atoms with Crippen molar-refractivity contribution in [2.75, 3.05) is 118 Å². The minimum Gasteiger partial charge on any atom is -0.399 e. The predicted octanol–water partition coefficient (Wildman–Crippen LogP) is 7.58. The summed E-state index contributed by atoms with van der Waals surface area (Å²) in [4.78, 5) is 45.3. The molecule has 0 saturated carbocycles. The summed E-state index contributed by atoms with van der Waals surface area (Å²) >= 11 is 6.15. The monoisotopic (exact) mass is 1110 g/mol. The lowest BCUT2D eigenvalue weighted by atomic mass is 9.77. The van der Waals surface area contributed by atoms with Crippen LogP contribution >= 0.6 is 11.6 Å². The first-order valence-corrected chi connectivity index (χ1v) is 26.4. The van der Waals surface area contributed by atoms with Crippen molar-refractivity contribution >= 4 is 65.8 Å². The quantitative estimate of drug-likeness (QED) is 0.0535. The van der Waals surface area contributed by atoms with Crippen LogP contribution in [0.5, 0.6) is 0 Å². The van der Waals surface area contributed by atoms with E-state index in [2.05, 4.69) is 72.4 Å². The van der Waals surface area contributed by atoms with E-state index in [1.54, 1.807) is 31.1 Å². The number of pyridine rings is 1. The summed E-state index contributed by atoms with van der Waals surface area (Å²) in [6.45, 7) is 31.4. The van der Waals surface area contributed by atoms with Gasteiger partial charge in [-0.25, -0.2) is 27.5 Å². The predicted molar refractivity (Wildman–Crippen MR) is 295 cm³/mol. The van der Waals surface area contributed by atoms with Crippen LogP contribution in [0, 0.1) is 0 Å². The van der Waals surface area contributed by atoms with Crippen molar-refractivity contribution in [3.8, 4) is 11.4 Å². The third-order valence-electron chi connectivity index (χ3n) is 13.7. The molecule has 26 heteroatoms. The highest BCUT2D eigenvalue weighted by molar-refractivity contribution is 6.62. The van der Waals surface area contributed by atoms with Gasteiger partial charge in [0.25, 0.3) is 12.9 Å². The van der Waals surface area contributed by atoms with Crippen LogP contribution < -0.4 is 30.8 Å². The highest BCUT2D eigenvalue weighted by Crippen LogP contribution is 2.38. The molecule has 0 atom stereocenters. The van der Waals surface area contributed by atoms with Gasteiger partial charge >= 0.3 is 7.12 Å². The summed E-state index contributed by atoms with van der Waals surface area (Å²) in [5.74, 6) is 2.54. The van der Waals surface area contributed by atoms with Gasteiger partial charge in [0.1, 0.15) is 0 Å². The Labute approximate surface area is 460 Å². The number of nitrogen functional groups attached to an aromatic ring is 1. The van der Waals surface area contributed by atoms with Crippen molar-refractivity contribution in [2.45, 2.75) is 130 Å². The lowest BCUT2D eigenvalue weighted by Crippen LogP contribution is -2.50. The maximum Gasteiger partial charge on any atom is 0.496 e. The summed E-state index contributed by atoms with van der Waals surface area (Å²) in [6, 6.07) is 5.68. The van der Waals surface area contributed by atoms with E-state index in [1.807, 2.05) is 65.2 Å². The third-order valence-corrected chi connectivity index (χ3v) is 13.9. The molecule has 0 bridgehead atoms. The molecule has 0 radical (unpaired) electrons. The molecule has 0 aliphatic carbocycles. The fourth-order valence-corrected chi connectivity index (χ4v) is 9.31. The van der Waals surface area contributed by atoms with E-state index in [1.165, 1.54) is 24.7 Å². The number of aliphatic imine (C=N–C) groups is 1. The molecular weight excluding hydrogens is 1040 g/mol. The Morgan fingerprint density at radius 2 is 1.00 bits per heavy atom. The number of anilines is 5.